The maximum Gasteiger partial charge on any atom is 0.244 e. The number of aryl methyl sites for hydroxylation is 2. The molecule has 0 fully saturated rings. The Hall–Kier alpha value is -2.29. The van der Waals surface area contributed by atoms with Crippen LogP contribution in [0.5, 0.6) is 0 Å². The van der Waals surface area contributed by atoms with E-state index in [0.717, 1.165) is 21.7 Å². The first-order valence-corrected chi connectivity index (χ1v) is 13.9. The normalized spacial score (nSPS) is 12.4. The number of anilines is 1. The van der Waals surface area contributed by atoms with Gasteiger partial charge in [-0.2, -0.15) is 0 Å². The van der Waals surface area contributed by atoms with E-state index in [-0.39, 0.29) is 18.4 Å². The van der Waals surface area contributed by atoms with E-state index >= 15 is 0 Å². The molecule has 2 amide bonds. The van der Waals surface area contributed by atoms with Crippen molar-refractivity contribution in [2.24, 2.45) is 5.92 Å². The van der Waals surface area contributed by atoms with Gasteiger partial charge in [0.2, 0.25) is 21.8 Å². The first kappa shape index (κ1) is 28.9. The van der Waals surface area contributed by atoms with Crippen LogP contribution in [0.4, 0.5) is 5.69 Å². The van der Waals surface area contributed by atoms with E-state index in [1.54, 1.807) is 43.3 Å². The summed E-state index contributed by atoms with van der Waals surface area (Å²) in [5, 5.41) is 3.52. The molecule has 192 valence electrons. The molecule has 2 aromatic carbocycles. The summed E-state index contributed by atoms with van der Waals surface area (Å²) in [5.41, 5.74) is 2.74. The molecule has 1 atom stereocenters. The highest BCUT2D eigenvalue weighted by molar-refractivity contribution is 7.92. The first-order chi connectivity index (χ1) is 16.2. The van der Waals surface area contributed by atoms with Gasteiger partial charge < -0.3 is 10.2 Å². The lowest BCUT2D eigenvalue weighted by Crippen LogP contribution is -2.51. The third-order valence-corrected chi connectivity index (χ3v) is 7.55. The highest BCUT2D eigenvalue weighted by atomic mass is 35.5. The number of amides is 2. The molecule has 1 N–H and O–H groups in total. The number of carbonyl (C=O) groups is 2. The van der Waals surface area contributed by atoms with Gasteiger partial charge in [0.05, 0.1) is 11.9 Å². The van der Waals surface area contributed by atoms with Gasteiger partial charge in [0.15, 0.2) is 0 Å². The van der Waals surface area contributed by atoms with Crippen LogP contribution < -0.4 is 9.62 Å². The van der Waals surface area contributed by atoms with Crippen LogP contribution in [0.1, 0.15) is 37.5 Å². The monoisotopic (exact) mass is 541 g/mol. The van der Waals surface area contributed by atoms with Gasteiger partial charge in [-0.05, 0) is 62.1 Å². The highest BCUT2D eigenvalue weighted by Crippen LogP contribution is 2.27. The lowest BCUT2D eigenvalue weighted by molar-refractivity contribution is -0.139. The molecule has 0 radical (unpaired) electrons. The molecule has 1 unspecified atom stereocenters. The van der Waals surface area contributed by atoms with Crippen molar-refractivity contribution in [1.29, 1.82) is 0 Å². The van der Waals surface area contributed by atoms with Gasteiger partial charge in [-0.25, -0.2) is 8.42 Å². The Morgan fingerprint density at radius 3 is 2.11 bits per heavy atom. The fourth-order valence-electron chi connectivity index (χ4n) is 3.38. The van der Waals surface area contributed by atoms with E-state index in [9.17, 15) is 18.0 Å². The van der Waals surface area contributed by atoms with Crippen molar-refractivity contribution in [2.75, 3.05) is 23.7 Å². The molecule has 0 spiro atoms. The van der Waals surface area contributed by atoms with Gasteiger partial charge in [-0.1, -0.05) is 49.2 Å². The highest BCUT2D eigenvalue weighted by Gasteiger charge is 2.31. The molecule has 0 saturated carbocycles. The summed E-state index contributed by atoms with van der Waals surface area (Å²) >= 11 is 12.7. The number of nitrogens with one attached hydrogen (secondary N) is 1. The molecule has 35 heavy (non-hydrogen) atoms. The van der Waals surface area contributed by atoms with Crippen LogP contribution in [-0.2, 0) is 26.2 Å². The average Bonchev–Trinajstić information content (AvgIpc) is 2.76. The SMILES string of the molecule is Cc1ccc(N(CC(=O)N(Cc2c(Cl)cccc2Cl)C(C)C(=O)NCC(C)C)S(C)(=O)=O)cc1C. The summed E-state index contributed by atoms with van der Waals surface area (Å²) in [5.74, 6) is -0.692. The van der Waals surface area contributed by atoms with E-state index in [4.69, 9.17) is 23.2 Å². The fourth-order valence-corrected chi connectivity index (χ4v) is 4.74. The van der Waals surface area contributed by atoms with Crippen LogP contribution in [0.15, 0.2) is 36.4 Å². The van der Waals surface area contributed by atoms with Crippen LogP contribution in [0.25, 0.3) is 0 Å². The lowest BCUT2D eigenvalue weighted by Gasteiger charge is -2.32. The molecule has 0 heterocycles. The Balaban J connectivity index is 2.45. The summed E-state index contributed by atoms with van der Waals surface area (Å²) in [6.07, 6.45) is 1.05. The van der Waals surface area contributed by atoms with Crippen LogP contribution in [0, 0.1) is 19.8 Å². The van der Waals surface area contributed by atoms with Crippen LogP contribution >= 0.6 is 23.2 Å². The molecule has 0 bridgehead atoms. The topological polar surface area (TPSA) is 86.8 Å². The smallest absolute Gasteiger partial charge is 0.244 e. The van der Waals surface area contributed by atoms with Gasteiger partial charge in [0.1, 0.15) is 12.6 Å². The van der Waals surface area contributed by atoms with Crippen molar-refractivity contribution in [3.8, 4) is 0 Å². The number of hydrogen-bond donors (Lipinski definition) is 1. The second-order valence-electron chi connectivity index (χ2n) is 9.08. The number of benzene rings is 2. The second kappa shape index (κ2) is 12.1. The van der Waals surface area contributed by atoms with E-state index in [0.29, 0.717) is 27.8 Å². The van der Waals surface area contributed by atoms with Crippen molar-refractivity contribution in [3.05, 3.63) is 63.1 Å². The number of hydrogen-bond acceptors (Lipinski definition) is 4. The van der Waals surface area contributed by atoms with Crippen LogP contribution in [-0.4, -0.2) is 50.5 Å². The molecule has 7 nitrogen and oxygen atoms in total. The summed E-state index contributed by atoms with van der Waals surface area (Å²) in [4.78, 5) is 27.8. The van der Waals surface area contributed by atoms with Gasteiger partial charge in [0, 0.05) is 28.7 Å². The third kappa shape index (κ3) is 7.85. The van der Waals surface area contributed by atoms with Crippen LogP contribution in [0.2, 0.25) is 10.0 Å². The van der Waals surface area contributed by atoms with Gasteiger partial charge >= 0.3 is 0 Å². The summed E-state index contributed by atoms with van der Waals surface area (Å²) in [6.45, 7) is 9.21. The zero-order valence-corrected chi connectivity index (χ0v) is 23.3. The molecule has 0 aromatic heterocycles. The maximum absolute atomic E-state index is 13.6. The quantitative estimate of drug-likeness (QED) is 0.477. The molecule has 2 aromatic rings. The first-order valence-electron chi connectivity index (χ1n) is 11.3. The Labute approximate surface area is 218 Å². The van der Waals surface area contributed by atoms with Crippen molar-refractivity contribution < 1.29 is 18.0 Å². The standard InChI is InChI=1S/C25H33Cl2N3O4S/c1-16(2)13-28-25(32)19(5)29(14-21-22(26)8-7-9-23(21)27)24(31)15-30(35(6,33)34)20-11-10-17(3)18(4)12-20/h7-12,16,19H,13-15H2,1-6H3,(H,28,32). The van der Waals surface area contributed by atoms with Crippen molar-refractivity contribution in [1.82, 2.24) is 10.2 Å². The average molecular weight is 543 g/mol. The zero-order chi connectivity index (χ0) is 26.5. The molecule has 0 aliphatic rings. The Morgan fingerprint density at radius 1 is 1.00 bits per heavy atom. The lowest BCUT2D eigenvalue weighted by atomic mass is 10.1. The summed E-state index contributed by atoms with van der Waals surface area (Å²) in [6, 6.07) is 9.26. The van der Waals surface area contributed by atoms with Crippen molar-refractivity contribution in [2.45, 2.75) is 47.2 Å². The van der Waals surface area contributed by atoms with Crippen molar-refractivity contribution >= 4 is 50.7 Å². The van der Waals surface area contributed by atoms with E-state index < -0.39 is 28.5 Å². The fraction of sp³-hybridized carbons (Fsp3) is 0.440. The van der Waals surface area contributed by atoms with Crippen molar-refractivity contribution in [3.63, 3.8) is 0 Å². The maximum atomic E-state index is 13.6. The van der Waals surface area contributed by atoms with E-state index in [1.165, 1.54) is 4.90 Å². The number of sulfonamides is 1. The molecular weight excluding hydrogens is 509 g/mol. The molecule has 2 rings (SSSR count). The molecule has 0 aliphatic carbocycles. The minimum Gasteiger partial charge on any atom is -0.354 e. The second-order valence-corrected chi connectivity index (χ2v) is 11.8. The zero-order valence-electron chi connectivity index (χ0n) is 20.9. The minimum absolute atomic E-state index is 0.0574. The predicted octanol–water partition coefficient (Wildman–Crippen LogP) is 4.57. The summed E-state index contributed by atoms with van der Waals surface area (Å²) in [7, 11) is -3.80. The number of rotatable bonds is 10. The van der Waals surface area contributed by atoms with E-state index in [1.807, 2.05) is 27.7 Å². The predicted molar refractivity (Wildman–Crippen MR) is 142 cm³/mol. The van der Waals surface area contributed by atoms with Gasteiger partial charge in [-0.3, -0.25) is 13.9 Å². The van der Waals surface area contributed by atoms with E-state index in [2.05, 4.69) is 5.32 Å². The van der Waals surface area contributed by atoms with Gasteiger partial charge in [0.25, 0.3) is 0 Å². The number of nitrogens with zero attached hydrogens (tertiary/aromatic N) is 2. The van der Waals surface area contributed by atoms with Crippen LogP contribution in [0.3, 0.4) is 0 Å². The number of halogens is 2. The minimum atomic E-state index is -3.80. The Bertz CT molecular complexity index is 1160. The molecule has 0 aliphatic heterocycles. The molecular formula is C25H33Cl2N3O4S. The number of carbonyl (C=O) groups excluding carboxylic acids is 2. The van der Waals surface area contributed by atoms with Gasteiger partial charge in [-0.15, -0.1) is 0 Å². The Morgan fingerprint density at radius 2 is 1.60 bits per heavy atom. The molecule has 10 heteroatoms. The summed E-state index contributed by atoms with van der Waals surface area (Å²) < 4.78 is 26.4. The Kier molecular flexibility index (Phi) is 10.0. The molecule has 0 saturated heterocycles. The third-order valence-electron chi connectivity index (χ3n) is 5.70. The largest absolute Gasteiger partial charge is 0.354 e.